The summed E-state index contributed by atoms with van der Waals surface area (Å²) in [6.07, 6.45) is 3.27. The quantitative estimate of drug-likeness (QED) is 0.671. The fraction of sp³-hybridized carbons (Fsp3) is 0.478. The van der Waals surface area contributed by atoms with Crippen molar-refractivity contribution in [2.24, 2.45) is 5.92 Å². The first-order chi connectivity index (χ1) is 14.6. The number of thiophene rings is 1. The van der Waals surface area contributed by atoms with Crippen LogP contribution >= 0.6 is 11.3 Å². The molecule has 2 N–H and O–H groups in total. The average molecular weight is 426 g/mol. The fourth-order valence-electron chi connectivity index (χ4n) is 4.76. The molecule has 0 saturated carbocycles. The van der Waals surface area contributed by atoms with Crippen LogP contribution in [-0.2, 0) is 19.4 Å². The number of ether oxygens (including phenoxy) is 1. The van der Waals surface area contributed by atoms with Crippen LogP contribution in [0.15, 0.2) is 29.1 Å². The molecule has 30 heavy (non-hydrogen) atoms. The standard InChI is InChI=1S/C23H28N4O2S/c1-15-3-8-18-19(13-15)30-23-21(18)22(28)24-20(25-23)14-26-9-11-27(12-10-26)16-4-6-17(29-2)7-5-16/h4-7,15H,3,8-14H2,1-2H3,(H,24,25,28)/p+1/t15-/m0/s1. The van der Waals surface area contributed by atoms with E-state index in [1.165, 1.54) is 27.4 Å². The number of aromatic nitrogens is 2. The molecule has 1 aromatic carbocycles. The highest BCUT2D eigenvalue weighted by Gasteiger charge is 2.25. The lowest BCUT2D eigenvalue weighted by molar-refractivity contribution is -0.915. The minimum absolute atomic E-state index is 0.0540. The average Bonchev–Trinajstić information content (AvgIpc) is 3.12. The van der Waals surface area contributed by atoms with E-state index in [1.807, 2.05) is 12.1 Å². The third-order valence-electron chi connectivity index (χ3n) is 6.54. The molecule has 0 spiro atoms. The van der Waals surface area contributed by atoms with Crippen LogP contribution in [0.1, 0.15) is 29.6 Å². The largest absolute Gasteiger partial charge is 0.497 e. The summed E-state index contributed by atoms with van der Waals surface area (Å²) in [5, 5.41) is 0.852. The zero-order chi connectivity index (χ0) is 20.7. The number of anilines is 1. The second-order valence-corrected chi connectivity index (χ2v) is 9.74. The summed E-state index contributed by atoms with van der Waals surface area (Å²) in [4.78, 5) is 27.0. The highest BCUT2D eigenvalue weighted by molar-refractivity contribution is 7.18. The van der Waals surface area contributed by atoms with Crippen molar-refractivity contribution >= 4 is 27.2 Å². The molecule has 0 radical (unpaired) electrons. The van der Waals surface area contributed by atoms with Crippen molar-refractivity contribution in [1.82, 2.24) is 9.97 Å². The molecule has 2 aromatic heterocycles. The lowest BCUT2D eigenvalue weighted by Gasteiger charge is -2.33. The summed E-state index contributed by atoms with van der Waals surface area (Å²) >= 11 is 1.74. The minimum atomic E-state index is 0.0540. The molecule has 0 unspecified atom stereocenters. The Morgan fingerprint density at radius 2 is 2.03 bits per heavy atom. The van der Waals surface area contributed by atoms with Crippen molar-refractivity contribution in [3.8, 4) is 5.75 Å². The molecule has 3 aromatic rings. The van der Waals surface area contributed by atoms with E-state index in [0.717, 1.165) is 67.4 Å². The van der Waals surface area contributed by atoms with Gasteiger partial charge in [-0.25, -0.2) is 4.98 Å². The van der Waals surface area contributed by atoms with Crippen LogP contribution in [0.25, 0.3) is 10.2 Å². The lowest BCUT2D eigenvalue weighted by Crippen LogP contribution is -3.13. The molecule has 5 rings (SSSR count). The first kappa shape index (κ1) is 19.6. The second-order valence-electron chi connectivity index (χ2n) is 8.66. The highest BCUT2D eigenvalue weighted by atomic mass is 32.1. The molecule has 1 saturated heterocycles. The second kappa shape index (κ2) is 8.04. The predicted molar refractivity (Wildman–Crippen MR) is 121 cm³/mol. The van der Waals surface area contributed by atoms with E-state index in [-0.39, 0.29) is 5.56 Å². The van der Waals surface area contributed by atoms with Gasteiger partial charge in [-0.2, -0.15) is 0 Å². The number of aromatic amines is 1. The molecule has 7 heteroatoms. The van der Waals surface area contributed by atoms with Crippen LogP contribution in [-0.4, -0.2) is 43.3 Å². The number of methoxy groups -OCH3 is 1. The molecule has 0 bridgehead atoms. The topological polar surface area (TPSA) is 62.7 Å². The smallest absolute Gasteiger partial charge is 0.260 e. The van der Waals surface area contributed by atoms with Gasteiger partial charge in [0.15, 0.2) is 5.82 Å². The molecular formula is C23H29N4O2S+. The highest BCUT2D eigenvalue weighted by Crippen LogP contribution is 2.35. The molecular weight excluding hydrogens is 396 g/mol. The number of rotatable bonds is 4. The van der Waals surface area contributed by atoms with Gasteiger partial charge in [-0.1, -0.05) is 6.92 Å². The normalized spacial score (nSPS) is 19.8. The van der Waals surface area contributed by atoms with E-state index in [1.54, 1.807) is 18.4 Å². The van der Waals surface area contributed by atoms with E-state index < -0.39 is 0 Å². The maximum absolute atomic E-state index is 12.8. The van der Waals surface area contributed by atoms with E-state index in [4.69, 9.17) is 9.72 Å². The van der Waals surface area contributed by atoms with Crippen LogP contribution in [0.4, 0.5) is 5.69 Å². The van der Waals surface area contributed by atoms with Gasteiger partial charge in [-0.3, -0.25) is 4.79 Å². The molecule has 1 fully saturated rings. The Labute approximate surface area is 180 Å². The number of piperazine rings is 1. The summed E-state index contributed by atoms with van der Waals surface area (Å²) in [7, 11) is 1.69. The Hall–Kier alpha value is -2.38. The molecule has 3 heterocycles. The number of nitrogens with zero attached hydrogens (tertiary/aromatic N) is 2. The lowest BCUT2D eigenvalue weighted by atomic mass is 9.89. The van der Waals surface area contributed by atoms with E-state index in [2.05, 4.69) is 28.9 Å². The Balaban J connectivity index is 1.28. The van der Waals surface area contributed by atoms with E-state index in [0.29, 0.717) is 5.92 Å². The molecule has 1 atom stereocenters. The third kappa shape index (κ3) is 3.72. The van der Waals surface area contributed by atoms with Gasteiger partial charge < -0.3 is 19.5 Å². The monoisotopic (exact) mass is 425 g/mol. The van der Waals surface area contributed by atoms with Crippen molar-refractivity contribution in [3.05, 3.63) is 50.9 Å². The van der Waals surface area contributed by atoms with Gasteiger partial charge in [-0.15, -0.1) is 11.3 Å². The third-order valence-corrected chi connectivity index (χ3v) is 7.69. The maximum atomic E-state index is 12.8. The van der Waals surface area contributed by atoms with E-state index >= 15 is 0 Å². The van der Waals surface area contributed by atoms with Crippen molar-refractivity contribution in [3.63, 3.8) is 0 Å². The number of hydrogen-bond acceptors (Lipinski definition) is 5. The predicted octanol–water partition coefficient (Wildman–Crippen LogP) is 2.02. The summed E-state index contributed by atoms with van der Waals surface area (Å²) in [6, 6.07) is 8.27. The molecule has 0 amide bonds. The SMILES string of the molecule is COc1ccc(N2CC[NH+](Cc3nc4sc5c(c4c(=O)[nH]3)CC[C@H](C)C5)CC2)cc1. The van der Waals surface area contributed by atoms with Crippen LogP contribution in [0.3, 0.4) is 0 Å². The van der Waals surface area contributed by atoms with Crippen LogP contribution in [0.5, 0.6) is 5.75 Å². The van der Waals surface area contributed by atoms with Crippen molar-refractivity contribution in [1.29, 1.82) is 0 Å². The molecule has 2 aliphatic rings. The Morgan fingerprint density at radius 1 is 1.27 bits per heavy atom. The zero-order valence-electron chi connectivity index (χ0n) is 17.7. The van der Waals surface area contributed by atoms with Crippen LogP contribution in [0, 0.1) is 5.92 Å². The summed E-state index contributed by atoms with van der Waals surface area (Å²) in [6.45, 7) is 7.14. The Bertz CT molecular complexity index is 1100. The maximum Gasteiger partial charge on any atom is 0.260 e. The first-order valence-electron chi connectivity index (χ1n) is 10.9. The van der Waals surface area contributed by atoms with Gasteiger partial charge in [0.25, 0.3) is 5.56 Å². The Morgan fingerprint density at radius 3 is 2.77 bits per heavy atom. The first-order valence-corrected chi connectivity index (χ1v) is 11.7. The number of quaternary nitrogens is 1. The summed E-state index contributed by atoms with van der Waals surface area (Å²) in [5.41, 5.74) is 2.55. The van der Waals surface area contributed by atoms with Crippen molar-refractivity contribution < 1.29 is 9.64 Å². The molecule has 1 aliphatic heterocycles. The fourth-order valence-corrected chi connectivity index (χ4v) is 6.17. The summed E-state index contributed by atoms with van der Waals surface area (Å²) in [5.74, 6) is 2.42. The zero-order valence-corrected chi connectivity index (χ0v) is 18.5. The van der Waals surface area contributed by atoms with Crippen LogP contribution in [0.2, 0.25) is 0 Å². The number of H-pyrrole nitrogens is 1. The number of nitrogens with one attached hydrogen (secondary N) is 2. The van der Waals surface area contributed by atoms with Crippen molar-refractivity contribution in [2.75, 3.05) is 38.2 Å². The number of aryl methyl sites for hydroxylation is 1. The van der Waals surface area contributed by atoms with Gasteiger partial charge >= 0.3 is 0 Å². The van der Waals surface area contributed by atoms with Gasteiger partial charge in [0, 0.05) is 10.6 Å². The minimum Gasteiger partial charge on any atom is -0.497 e. The van der Waals surface area contributed by atoms with Gasteiger partial charge in [-0.05, 0) is 55.0 Å². The Kier molecular flexibility index (Phi) is 5.25. The molecule has 158 valence electrons. The number of hydrogen-bond donors (Lipinski definition) is 2. The van der Waals surface area contributed by atoms with Crippen LogP contribution < -0.4 is 20.1 Å². The number of fused-ring (bicyclic) bond motifs is 3. The number of benzene rings is 1. The van der Waals surface area contributed by atoms with Gasteiger partial charge in [0.2, 0.25) is 0 Å². The summed E-state index contributed by atoms with van der Waals surface area (Å²) < 4.78 is 5.25. The van der Waals surface area contributed by atoms with Gasteiger partial charge in [0.05, 0.1) is 38.7 Å². The van der Waals surface area contributed by atoms with Gasteiger partial charge in [0.1, 0.15) is 17.1 Å². The molecule has 6 nitrogen and oxygen atoms in total. The van der Waals surface area contributed by atoms with E-state index in [9.17, 15) is 4.79 Å². The molecule has 1 aliphatic carbocycles. The van der Waals surface area contributed by atoms with Crippen molar-refractivity contribution in [2.45, 2.75) is 32.7 Å².